The van der Waals surface area contributed by atoms with E-state index in [0.717, 1.165) is 34.5 Å². The second-order valence-corrected chi connectivity index (χ2v) is 4.74. The Morgan fingerprint density at radius 1 is 1.22 bits per heavy atom. The largest absolute Gasteiger partial charge is 0.496 e. The molecule has 98 valence electrons. The van der Waals surface area contributed by atoms with Gasteiger partial charge in [0, 0.05) is 13.1 Å². The summed E-state index contributed by atoms with van der Waals surface area (Å²) in [7, 11) is 1.68. The van der Waals surface area contributed by atoms with Crippen molar-refractivity contribution >= 4 is 5.91 Å². The van der Waals surface area contributed by atoms with Gasteiger partial charge in [0.05, 0.1) is 7.11 Å². The van der Waals surface area contributed by atoms with Crippen molar-refractivity contribution in [2.45, 2.75) is 26.8 Å². The molecule has 0 aliphatic carbocycles. The van der Waals surface area contributed by atoms with Crippen LogP contribution in [0.4, 0.5) is 0 Å². The Morgan fingerprint density at radius 3 is 2.56 bits per heavy atom. The van der Waals surface area contributed by atoms with Gasteiger partial charge in [0.1, 0.15) is 11.8 Å². The van der Waals surface area contributed by atoms with E-state index in [9.17, 15) is 4.79 Å². The average molecular weight is 248 g/mol. The van der Waals surface area contributed by atoms with Gasteiger partial charge >= 0.3 is 0 Å². The van der Waals surface area contributed by atoms with E-state index in [1.54, 1.807) is 7.11 Å². The van der Waals surface area contributed by atoms with E-state index in [4.69, 9.17) is 4.74 Å². The Bertz CT molecular complexity index is 483. The van der Waals surface area contributed by atoms with Gasteiger partial charge in [0.2, 0.25) is 5.91 Å². The van der Waals surface area contributed by atoms with Gasteiger partial charge < -0.3 is 15.4 Å². The smallest absolute Gasteiger partial charge is 0.241 e. The van der Waals surface area contributed by atoms with Gasteiger partial charge in [-0.05, 0) is 43.0 Å². The topological polar surface area (TPSA) is 50.4 Å². The highest BCUT2D eigenvalue weighted by Gasteiger charge is 2.26. The summed E-state index contributed by atoms with van der Waals surface area (Å²) in [6.45, 7) is 7.58. The fourth-order valence-corrected chi connectivity index (χ4v) is 2.55. The van der Waals surface area contributed by atoms with Crippen molar-refractivity contribution in [2.75, 3.05) is 20.2 Å². The van der Waals surface area contributed by atoms with E-state index in [-0.39, 0.29) is 11.9 Å². The molecule has 2 rings (SSSR count). The summed E-state index contributed by atoms with van der Waals surface area (Å²) in [4.78, 5) is 11.9. The molecule has 2 N–H and O–H groups in total. The Labute approximate surface area is 108 Å². The monoisotopic (exact) mass is 248 g/mol. The van der Waals surface area contributed by atoms with Crippen molar-refractivity contribution in [1.29, 1.82) is 0 Å². The van der Waals surface area contributed by atoms with Gasteiger partial charge in [0.25, 0.3) is 0 Å². The molecule has 0 bridgehead atoms. The minimum absolute atomic E-state index is 0.0494. The first-order valence-corrected chi connectivity index (χ1v) is 6.22. The number of carbonyl (C=O) groups is 1. The van der Waals surface area contributed by atoms with Gasteiger partial charge in [-0.3, -0.25) is 4.79 Å². The molecule has 0 spiro atoms. The standard InChI is InChI=1S/C14H20N2O2/c1-8-7-11(9(2)10(3)13(8)18-4)12-14(17)16-6-5-15-12/h7,12,15H,5-6H2,1-4H3,(H,16,17). The van der Waals surface area contributed by atoms with Crippen LogP contribution < -0.4 is 15.4 Å². The zero-order chi connectivity index (χ0) is 13.3. The molecule has 0 radical (unpaired) electrons. The molecule has 4 heteroatoms. The third-order valence-corrected chi connectivity index (χ3v) is 3.62. The number of amides is 1. The van der Waals surface area contributed by atoms with E-state index in [1.165, 1.54) is 0 Å². The first kappa shape index (κ1) is 12.9. The lowest BCUT2D eigenvalue weighted by molar-refractivity contribution is -0.124. The second kappa shape index (κ2) is 4.98. The highest BCUT2D eigenvalue weighted by atomic mass is 16.5. The van der Waals surface area contributed by atoms with Crippen LogP contribution in [-0.2, 0) is 4.79 Å². The number of ether oxygens (including phenoxy) is 1. The SMILES string of the molecule is COc1c(C)cc(C2NCCNC2=O)c(C)c1C. The predicted molar refractivity (Wildman–Crippen MR) is 71.0 cm³/mol. The van der Waals surface area contributed by atoms with E-state index in [0.29, 0.717) is 6.54 Å². The van der Waals surface area contributed by atoms with Crippen LogP contribution in [0.1, 0.15) is 28.3 Å². The predicted octanol–water partition coefficient (Wildman–Crippen LogP) is 1.38. The van der Waals surface area contributed by atoms with E-state index >= 15 is 0 Å². The number of hydrogen-bond acceptors (Lipinski definition) is 3. The van der Waals surface area contributed by atoms with Crippen molar-refractivity contribution < 1.29 is 9.53 Å². The number of carbonyl (C=O) groups excluding carboxylic acids is 1. The second-order valence-electron chi connectivity index (χ2n) is 4.74. The molecule has 1 aromatic carbocycles. The van der Waals surface area contributed by atoms with Crippen LogP contribution in [0.25, 0.3) is 0 Å². The molecule has 1 unspecified atom stereocenters. The number of methoxy groups -OCH3 is 1. The lowest BCUT2D eigenvalue weighted by atomic mass is 9.93. The molecular formula is C14H20N2O2. The minimum Gasteiger partial charge on any atom is -0.496 e. The van der Waals surface area contributed by atoms with Crippen LogP contribution in [0.2, 0.25) is 0 Å². The van der Waals surface area contributed by atoms with Crippen molar-refractivity contribution in [3.8, 4) is 5.75 Å². The van der Waals surface area contributed by atoms with Gasteiger partial charge in [-0.2, -0.15) is 0 Å². The molecule has 1 amide bonds. The number of rotatable bonds is 2. The molecule has 1 saturated heterocycles. The third kappa shape index (κ3) is 2.08. The van der Waals surface area contributed by atoms with Crippen molar-refractivity contribution in [3.05, 3.63) is 28.3 Å². The summed E-state index contributed by atoms with van der Waals surface area (Å²) in [5.41, 5.74) is 4.33. The van der Waals surface area contributed by atoms with E-state index in [2.05, 4.69) is 10.6 Å². The Hall–Kier alpha value is -1.55. The number of aryl methyl sites for hydroxylation is 1. The number of nitrogens with one attached hydrogen (secondary N) is 2. The van der Waals surface area contributed by atoms with Crippen molar-refractivity contribution in [3.63, 3.8) is 0 Å². The zero-order valence-electron chi connectivity index (χ0n) is 11.4. The molecule has 1 aliphatic rings. The molecule has 1 atom stereocenters. The average Bonchev–Trinajstić information content (AvgIpc) is 2.35. The highest BCUT2D eigenvalue weighted by molar-refractivity contribution is 5.84. The molecule has 1 aromatic rings. The number of hydrogen-bond donors (Lipinski definition) is 2. The van der Waals surface area contributed by atoms with Crippen LogP contribution in [0, 0.1) is 20.8 Å². The Morgan fingerprint density at radius 2 is 1.94 bits per heavy atom. The van der Waals surface area contributed by atoms with Crippen LogP contribution in [0.15, 0.2) is 6.07 Å². The fourth-order valence-electron chi connectivity index (χ4n) is 2.55. The highest BCUT2D eigenvalue weighted by Crippen LogP contribution is 2.31. The van der Waals surface area contributed by atoms with Crippen LogP contribution in [0.3, 0.4) is 0 Å². The first-order chi connectivity index (χ1) is 8.56. The lowest BCUT2D eigenvalue weighted by Crippen LogP contribution is -2.47. The van der Waals surface area contributed by atoms with Crippen LogP contribution >= 0.6 is 0 Å². The van der Waals surface area contributed by atoms with Crippen molar-refractivity contribution in [2.24, 2.45) is 0 Å². The maximum atomic E-state index is 11.9. The van der Waals surface area contributed by atoms with Gasteiger partial charge in [-0.25, -0.2) is 0 Å². The minimum atomic E-state index is -0.248. The zero-order valence-corrected chi connectivity index (χ0v) is 11.4. The maximum absolute atomic E-state index is 11.9. The summed E-state index contributed by atoms with van der Waals surface area (Å²) in [5, 5.41) is 6.16. The molecular weight excluding hydrogens is 228 g/mol. The van der Waals surface area contributed by atoms with Gasteiger partial charge in [0.15, 0.2) is 0 Å². The molecule has 0 aromatic heterocycles. The van der Waals surface area contributed by atoms with Crippen LogP contribution in [0.5, 0.6) is 5.75 Å². The lowest BCUT2D eigenvalue weighted by Gasteiger charge is -2.26. The Balaban J connectivity index is 2.48. The fraction of sp³-hybridized carbons (Fsp3) is 0.500. The van der Waals surface area contributed by atoms with E-state index < -0.39 is 0 Å². The molecule has 0 saturated carbocycles. The summed E-state index contributed by atoms with van der Waals surface area (Å²) >= 11 is 0. The molecule has 1 heterocycles. The molecule has 1 aliphatic heterocycles. The molecule has 4 nitrogen and oxygen atoms in total. The summed E-state index contributed by atoms with van der Waals surface area (Å²) in [6, 6.07) is 1.80. The molecule has 18 heavy (non-hydrogen) atoms. The van der Waals surface area contributed by atoms with Crippen molar-refractivity contribution in [1.82, 2.24) is 10.6 Å². The Kier molecular flexibility index (Phi) is 3.57. The normalized spacial score (nSPS) is 19.6. The van der Waals surface area contributed by atoms with E-state index in [1.807, 2.05) is 26.8 Å². The van der Waals surface area contributed by atoms with Gasteiger partial charge in [-0.15, -0.1) is 0 Å². The van der Waals surface area contributed by atoms with Gasteiger partial charge in [-0.1, -0.05) is 6.07 Å². The maximum Gasteiger partial charge on any atom is 0.241 e. The summed E-state index contributed by atoms with van der Waals surface area (Å²) in [5.74, 6) is 0.959. The quantitative estimate of drug-likeness (QED) is 0.831. The molecule has 1 fully saturated rings. The summed E-state index contributed by atoms with van der Waals surface area (Å²) in [6.07, 6.45) is 0. The summed E-state index contributed by atoms with van der Waals surface area (Å²) < 4.78 is 5.40. The number of benzene rings is 1. The third-order valence-electron chi connectivity index (χ3n) is 3.62. The number of piperazine rings is 1. The van der Waals surface area contributed by atoms with Crippen LogP contribution in [-0.4, -0.2) is 26.1 Å². The first-order valence-electron chi connectivity index (χ1n) is 6.22.